The fraction of sp³-hybridized carbons (Fsp3) is 0.133. The summed E-state index contributed by atoms with van der Waals surface area (Å²) in [6, 6.07) is 11.0. The Kier molecular flexibility index (Phi) is 4.58. The lowest BCUT2D eigenvalue weighted by Crippen LogP contribution is -2.26. The predicted molar refractivity (Wildman–Crippen MR) is 78.3 cm³/mol. The van der Waals surface area contributed by atoms with Gasteiger partial charge in [-0.05, 0) is 42.3 Å². The molecule has 0 fully saturated rings. The number of halogens is 2. The van der Waals surface area contributed by atoms with Crippen LogP contribution in [-0.2, 0) is 6.42 Å². The third kappa shape index (κ3) is 3.71. The molecule has 5 heteroatoms. The van der Waals surface area contributed by atoms with Crippen molar-refractivity contribution in [2.24, 2.45) is 0 Å². The largest absolute Gasteiger partial charge is 0.399 e. The van der Waals surface area contributed by atoms with Crippen LogP contribution in [0.2, 0.25) is 5.02 Å². The number of carbonyl (C=O) groups excluding carboxylic acids is 1. The molecule has 104 valence electrons. The van der Waals surface area contributed by atoms with Gasteiger partial charge in [0.05, 0.1) is 10.6 Å². The van der Waals surface area contributed by atoms with Gasteiger partial charge in [-0.3, -0.25) is 4.79 Å². The number of hydrogen-bond donors (Lipinski definition) is 2. The first kappa shape index (κ1) is 14.3. The summed E-state index contributed by atoms with van der Waals surface area (Å²) in [7, 11) is 0. The molecular weight excluding hydrogens is 279 g/mol. The SMILES string of the molecule is Nc1ccc(Cl)c(C(=O)NCCc2cccc(F)c2)c1. The summed E-state index contributed by atoms with van der Waals surface area (Å²) in [5.41, 5.74) is 7.26. The van der Waals surface area contributed by atoms with Crippen molar-refractivity contribution in [2.45, 2.75) is 6.42 Å². The molecule has 0 bridgehead atoms. The van der Waals surface area contributed by atoms with E-state index in [0.29, 0.717) is 29.2 Å². The van der Waals surface area contributed by atoms with E-state index < -0.39 is 0 Å². The highest BCUT2D eigenvalue weighted by Crippen LogP contribution is 2.18. The Morgan fingerprint density at radius 3 is 2.80 bits per heavy atom. The van der Waals surface area contributed by atoms with Crippen LogP contribution in [0.15, 0.2) is 42.5 Å². The number of nitrogen functional groups attached to an aromatic ring is 1. The van der Waals surface area contributed by atoms with Gasteiger partial charge in [0.1, 0.15) is 5.82 Å². The van der Waals surface area contributed by atoms with Gasteiger partial charge in [0.2, 0.25) is 0 Å². The maximum atomic E-state index is 13.0. The van der Waals surface area contributed by atoms with Crippen molar-refractivity contribution >= 4 is 23.2 Å². The van der Waals surface area contributed by atoms with Crippen molar-refractivity contribution in [2.75, 3.05) is 12.3 Å². The van der Waals surface area contributed by atoms with E-state index in [0.717, 1.165) is 5.56 Å². The molecule has 0 radical (unpaired) electrons. The van der Waals surface area contributed by atoms with Crippen LogP contribution in [0.1, 0.15) is 15.9 Å². The lowest BCUT2D eigenvalue weighted by molar-refractivity contribution is 0.0954. The van der Waals surface area contributed by atoms with Gasteiger partial charge < -0.3 is 11.1 Å². The van der Waals surface area contributed by atoms with Gasteiger partial charge in [-0.15, -0.1) is 0 Å². The van der Waals surface area contributed by atoms with Crippen LogP contribution >= 0.6 is 11.6 Å². The van der Waals surface area contributed by atoms with Gasteiger partial charge in [-0.1, -0.05) is 23.7 Å². The second kappa shape index (κ2) is 6.39. The molecule has 0 saturated carbocycles. The Morgan fingerprint density at radius 2 is 2.05 bits per heavy atom. The van der Waals surface area contributed by atoms with Crippen molar-refractivity contribution < 1.29 is 9.18 Å². The molecule has 20 heavy (non-hydrogen) atoms. The number of carbonyl (C=O) groups is 1. The number of amides is 1. The van der Waals surface area contributed by atoms with E-state index in [1.807, 2.05) is 6.07 Å². The van der Waals surface area contributed by atoms with Crippen LogP contribution in [0.5, 0.6) is 0 Å². The number of hydrogen-bond acceptors (Lipinski definition) is 2. The summed E-state index contributed by atoms with van der Waals surface area (Å²) < 4.78 is 13.0. The first-order chi connectivity index (χ1) is 9.56. The fourth-order valence-electron chi connectivity index (χ4n) is 1.82. The van der Waals surface area contributed by atoms with Crippen molar-refractivity contribution in [3.63, 3.8) is 0 Å². The second-order valence-corrected chi connectivity index (χ2v) is 4.78. The molecule has 0 aromatic heterocycles. The number of anilines is 1. The Hall–Kier alpha value is -2.07. The molecule has 3 N–H and O–H groups in total. The van der Waals surface area contributed by atoms with Gasteiger partial charge in [0.25, 0.3) is 5.91 Å². The molecule has 2 aromatic carbocycles. The quantitative estimate of drug-likeness (QED) is 0.851. The van der Waals surface area contributed by atoms with Crippen LogP contribution in [0, 0.1) is 5.82 Å². The Bertz CT molecular complexity index is 631. The minimum atomic E-state index is -0.293. The zero-order valence-electron chi connectivity index (χ0n) is 10.7. The van der Waals surface area contributed by atoms with E-state index in [9.17, 15) is 9.18 Å². The molecule has 2 rings (SSSR count). The number of rotatable bonds is 4. The van der Waals surface area contributed by atoms with Crippen LogP contribution in [0.3, 0.4) is 0 Å². The summed E-state index contributed by atoms with van der Waals surface area (Å²) in [4.78, 5) is 11.9. The average molecular weight is 293 g/mol. The molecule has 0 unspecified atom stereocenters. The van der Waals surface area contributed by atoms with Crippen LogP contribution < -0.4 is 11.1 Å². The summed E-state index contributed by atoms with van der Waals surface area (Å²) in [6.45, 7) is 0.396. The highest BCUT2D eigenvalue weighted by molar-refractivity contribution is 6.34. The summed E-state index contributed by atoms with van der Waals surface area (Å²) >= 11 is 5.94. The highest BCUT2D eigenvalue weighted by atomic mass is 35.5. The lowest BCUT2D eigenvalue weighted by atomic mass is 10.1. The monoisotopic (exact) mass is 292 g/mol. The topological polar surface area (TPSA) is 55.1 Å². The first-order valence-electron chi connectivity index (χ1n) is 6.14. The average Bonchev–Trinajstić information content (AvgIpc) is 2.41. The maximum Gasteiger partial charge on any atom is 0.252 e. The van der Waals surface area contributed by atoms with Gasteiger partial charge in [-0.25, -0.2) is 4.39 Å². The van der Waals surface area contributed by atoms with Gasteiger partial charge in [-0.2, -0.15) is 0 Å². The van der Waals surface area contributed by atoms with E-state index in [1.54, 1.807) is 18.2 Å². The highest BCUT2D eigenvalue weighted by Gasteiger charge is 2.10. The number of nitrogens with two attached hydrogens (primary N) is 1. The molecule has 2 aromatic rings. The smallest absolute Gasteiger partial charge is 0.252 e. The number of benzene rings is 2. The minimum absolute atomic E-state index is 0.285. The molecule has 0 saturated heterocycles. The zero-order chi connectivity index (χ0) is 14.5. The summed E-state index contributed by atoms with van der Waals surface area (Å²) in [5, 5.41) is 3.08. The van der Waals surface area contributed by atoms with E-state index in [4.69, 9.17) is 17.3 Å². The van der Waals surface area contributed by atoms with E-state index in [-0.39, 0.29) is 11.7 Å². The third-order valence-electron chi connectivity index (χ3n) is 2.82. The van der Waals surface area contributed by atoms with E-state index >= 15 is 0 Å². The Balaban J connectivity index is 1.94. The van der Waals surface area contributed by atoms with Crippen molar-refractivity contribution in [1.82, 2.24) is 5.32 Å². The second-order valence-electron chi connectivity index (χ2n) is 4.38. The van der Waals surface area contributed by atoms with E-state index in [1.165, 1.54) is 18.2 Å². The third-order valence-corrected chi connectivity index (χ3v) is 3.15. The molecule has 0 aliphatic rings. The van der Waals surface area contributed by atoms with Crippen molar-refractivity contribution in [3.8, 4) is 0 Å². The van der Waals surface area contributed by atoms with Crippen LogP contribution in [0.4, 0.5) is 10.1 Å². The standard InChI is InChI=1S/C15H14ClFN2O/c16-14-5-4-12(18)9-13(14)15(20)19-7-6-10-2-1-3-11(17)8-10/h1-5,8-9H,6-7,18H2,(H,19,20). The molecule has 0 spiro atoms. The molecule has 0 atom stereocenters. The Labute approximate surface area is 121 Å². The van der Waals surface area contributed by atoms with Crippen molar-refractivity contribution in [3.05, 3.63) is 64.4 Å². The molecule has 0 aliphatic carbocycles. The minimum Gasteiger partial charge on any atom is -0.399 e. The molecule has 0 aliphatic heterocycles. The maximum absolute atomic E-state index is 13.0. The zero-order valence-corrected chi connectivity index (χ0v) is 11.5. The summed E-state index contributed by atoms with van der Waals surface area (Å²) in [5.74, 6) is -0.577. The first-order valence-corrected chi connectivity index (χ1v) is 6.52. The number of nitrogens with one attached hydrogen (secondary N) is 1. The van der Waals surface area contributed by atoms with Gasteiger partial charge in [0, 0.05) is 12.2 Å². The Morgan fingerprint density at radius 1 is 1.25 bits per heavy atom. The predicted octanol–water partition coefficient (Wildman–Crippen LogP) is 3.03. The van der Waals surface area contributed by atoms with E-state index in [2.05, 4.69) is 5.32 Å². The lowest BCUT2D eigenvalue weighted by Gasteiger charge is -2.07. The van der Waals surface area contributed by atoms with Crippen molar-refractivity contribution in [1.29, 1.82) is 0 Å². The fourth-order valence-corrected chi connectivity index (χ4v) is 2.03. The molecular formula is C15H14ClFN2O. The van der Waals surface area contributed by atoms with Crippen LogP contribution in [0.25, 0.3) is 0 Å². The summed E-state index contributed by atoms with van der Waals surface area (Å²) in [6.07, 6.45) is 0.545. The van der Waals surface area contributed by atoms with Gasteiger partial charge >= 0.3 is 0 Å². The molecule has 3 nitrogen and oxygen atoms in total. The van der Waals surface area contributed by atoms with Gasteiger partial charge in [0.15, 0.2) is 0 Å². The molecule has 1 amide bonds. The molecule has 0 heterocycles. The van der Waals surface area contributed by atoms with Crippen LogP contribution in [-0.4, -0.2) is 12.5 Å². The normalized spacial score (nSPS) is 10.3.